The Labute approximate surface area is 181 Å². The molecule has 4 rings (SSSR count). The number of benzene rings is 2. The molecule has 4 aromatic rings. The third kappa shape index (κ3) is 4.69. The fourth-order valence-electron chi connectivity index (χ4n) is 2.80. The second-order valence-corrected chi connectivity index (χ2v) is 8.55. The molecule has 0 aliphatic heterocycles. The average molecular weight is 438 g/mol. The third-order valence-electron chi connectivity index (χ3n) is 4.37. The van der Waals surface area contributed by atoms with Gasteiger partial charge in [0.1, 0.15) is 12.1 Å². The van der Waals surface area contributed by atoms with E-state index < -0.39 is 0 Å². The van der Waals surface area contributed by atoms with E-state index in [2.05, 4.69) is 25.5 Å². The van der Waals surface area contributed by atoms with E-state index in [9.17, 15) is 4.79 Å². The molecular weight excluding hydrogens is 418 g/mol. The Morgan fingerprint density at radius 3 is 2.60 bits per heavy atom. The highest BCUT2D eigenvalue weighted by molar-refractivity contribution is 7.98. The van der Waals surface area contributed by atoms with Crippen molar-refractivity contribution in [3.63, 3.8) is 0 Å². The molecule has 0 bridgehead atoms. The lowest BCUT2D eigenvalue weighted by molar-refractivity contribution is 0.102. The molecule has 0 unspecified atom stereocenters. The molecule has 152 valence electrons. The molecule has 0 saturated carbocycles. The molecular formula is C21H19N5O2S2. The van der Waals surface area contributed by atoms with Crippen molar-refractivity contribution in [3.05, 3.63) is 70.9 Å². The fourth-order valence-corrected chi connectivity index (χ4v) is 4.37. The van der Waals surface area contributed by atoms with Gasteiger partial charge < -0.3 is 4.74 Å². The van der Waals surface area contributed by atoms with Crippen LogP contribution in [0.1, 0.15) is 20.8 Å². The van der Waals surface area contributed by atoms with Gasteiger partial charge in [-0.05, 0) is 48.9 Å². The van der Waals surface area contributed by atoms with Crippen LogP contribution in [-0.4, -0.2) is 33.2 Å². The smallest absolute Gasteiger partial charge is 0.257 e. The average Bonchev–Trinajstić information content (AvgIpc) is 3.42. The van der Waals surface area contributed by atoms with Crippen LogP contribution in [-0.2, 0) is 5.75 Å². The quantitative estimate of drug-likeness (QED) is 0.404. The van der Waals surface area contributed by atoms with Crippen molar-refractivity contribution in [2.45, 2.75) is 17.8 Å². The minimum absolute atomic E-state index is 0.181. The van der Waals surface area contributed by atoms with Crippen LogP contribution in [0.25, 0.3) is 11.3 Å². The lowest BCUT2D eigenvalue weighted by atomic mass is 10.1. The minimum Gasteiger partial charge on any atom is -0.497 e. The van der Waals surface area contributed by atoms with Crippen molar-refractivity contribution in [2.75, 3.05) is 12.4 Å². The van der Waals surface area contributed by atoms with E-state index in [1.807, 2.05) is 55.5 Å². The summed E-state index contributed by atoms with van der Waals surface area (Å²) in [4.78, 5) is 22.3. The summed E-state index contributed by atoms with van der Waals surface area (Å²) in [6.45, 7) is 1.99. The van der Waals surface area contributed by atoms with Gasteiger partial charge in [0, 0.05) is 21.8 Å². The number of ether oxygens (including phenoxy) is 1. The van der Waals surface area contributed by atoms with Crippen LogP contribution in [0.5, 0.6) is 5.75 Å². The van der Waals surface area contributed by atoms with Crippen LogP contribution in [0.3, 0.4) is 0 Å². The van der Waals surface area contributed by atoms with Crippen LogP contribution in [0, 0.1) is 6.92 Å². The first kappa shape index (κ1) is 20.1. The second kappa shape index (κ2) is 9.10. The van der Waals surface area contributed by atoms with Gasteiger partial charge in [-0.25, -0.2) is 9.97 Å². The highest BCUT2D eigenvalue weighted by Crippen LogP contribution is 2.31. The molecule has 0 saturated heterocycles. The van der Waals surface area contributed by atoms with Gasteiger partial charge in [-0.15, -0.1) is 11.3 Å². The van der Waals surface area contributed by atoms with E-state index in [1.165, 1.54) is 17.7 Å². The standard InChI is InChI=1S/C21H19N5O2S2/c1-13-18(15-7-9-17(28-2)10-8-15)24-21(30-13)25-19(27)16-5-3-14(4-6-16)11-29-20-22-12-23-26-20/h3-10,12H,11H2,1-2H3,(H,22,23,26)(H,24,25,27). The zero-order valence-corrected chi connectivity index (χ0v) is 18.0. The third-order valence-corrected chi connectivity index (χ3v) is 6.20. The van der Waals surface area contributed by atoms with E-state index in [4.69, 9.17) is 4.74 Å². The predicted molar refractivity (Wildman–Crippen MR) is 119 cm³/mol. The van der Waals surface area contributed by atoms with E-state index in [0.29, 0.717) is 10.7 Å². The van der Waals surface area contributed by atoms with Gasteiger partial charge in [-0.1, -0.05) is 23.9 Å². The summed E-state index contributed by atoms with van der Waals surface area (Å²) in [5, 5.41) is 10.9. The van der Waals surface area contributed by atoms with Crippen molar-refractivity contribution in [2.24, 2.45) is 0 Å². The molecule has 7 nitrogen and oxygen atoms in total. The molecule has 2 aromatic heterocycles. The number of thioether (sulfide) groups is 1. The summed E-state index contributed by atoms with van der Waals surface area (Å²) in [5.41, 5.74) is 3.53. The molecule has 0 fully saturated rings. The number of carbonyl (C=O) groups excluding carboxylic acids is 1. The zero-order chi connectivity index (χ0) is 20.9. The molecule has 30 heavy (non-hydrogen) atoms. The maximum absolute atomic E-state index is 12.6. The van der Waals surface area contributed by atoms with Crippen molar-refractivity contribution < 1.29 is 9.53 Å². The van der Waals surface area contributed by atoms with Crippen molar-refractivity contribution >= 4 is 34.1 Å². The molecule has 0 aliphatic carbocycles. The van der Waals surface area contributed by atoms with Crippen LogP contribution in [0.15, 0.2) is 60.0 Å². The number of thiazole rings is 1. The number of aromatic amines is 1. The van der Waals surface area contributed by atoms with Crippen molar-refractivity contribution in [3.8, 4) is 17.0 Å². The SMILES string of the molecule is COc1ccc(-c2nc(NC(=O)c3ccc(CSc4ncn[nH]4)cc3)sc2C)cc1. The van der Waals surface area contributed by atoms with Gasteiger partial charge in [0.15, 0.2) is 10.3 Å². The van der Waals surface area contributed by atoms with Gasteiger partial charge in [0.25, 0.3) is 5.91 Å². The van der Waals surface area contributed by atoms with Crippen molar-refractivity contribution in [1.82, 2.24) is 20.2 Å². The summed E-state index contributed by atoms with van der Waals surface area (Å²) in [6, 6.07) is 15.2. The largest absolute Gasteiger partial charge is 0.497 e. The number of carbonyl (C=O) groups is 1. The topological polar surface area (TPSA) is 92.8 Å². The monoisotopic (exact) mass is 437 g/mol. The van der Waals surface area contributed by atoms with Gasteiger partial charge in [0.2, 0.25) is 0 Å². The first-order valence-corrected chi connectivity index (χ1v) is 10.9. The van der Waals surface area contributed by atoms with Gasteiger partial charge >= 0.3 is 0 Å². The molecule has 2 aromatic carbocycles. The normalized spacial score (nSPS) is 10.7. The van der Waals surface area contributed by atoms with Crippen LogP contribution in [0.2, 0.25) is 0 Å². The maximum Gasteiger partial charge on any atom is 0.257 e. The Kier molecular flexibility index (Phi) is 6.10. The number of amides is 1. The Bertz CT molecular complexity index is 1120. The fraction of sp³-hybridized carbons (Fsp3) is 0.143. The lowest BCUT2D eigenvalue weighted by Gasteiger charge is -2.04. The van der Waals surface area contributed by atoms with E-state index in [0.717, 1.165) is 38.4 Å². The van der Waals surface area contributed by atoms with E-state index >= 15 is 0 Å². The summed E-state index contributed by atoms with van der Waals surface area (Å²) in [5.74, 6) is 1.36. The highest BCUT2D eigenvalue weighted by atomic mass is 32.2. The van der Waals surface area contributed by atoms with E-state index in [-0.39, 0.29) is 5.91 Å². The summed E-state index contributed by atoms with van der Waals surface area (Å²) in [7, 11) is 1.64. The number of anilines is 1. The second-order valence-electron chi connectivity index (χ2n) is 6.38. The number of methoxy groups -OCH3 is 1. The summed E-state index contributed by atoms with van der Waals surface area (Å²) >= 11 is 3.01. The first-order valence-electron chi connectivity index (χ1n) is 9.12. The lowest BCUT2D eigenvalue weighted by Crippen LogP contribution is -2.11. The molecule has 0 aliphatic rings. The van der Waals surface area contributed by atoms with E-state index in [1.54, 1.807) is 18.9 Å². The van der Waals surface area contributed by atoms with Gasteiger partial charge in [0.05, 0.1) is 12.8 Å². The molecule has 9 heteroatoms. The molecule has 1 amide bonds. The number of hydrogen-bond donors (Lipinski definition) is 2. The molecule has 2 N–H and O–H groups in total. The Morgan fingerprint density at radius 2 is 1.93 bits per heavy atom. The van der Waals surface area contributed by atoms with Crippen LogP contribution in [0.4, 0.5) is 5.13 Å². The number of nitrogens with zero attached hydrogens (tertiary/aromatic N) is 3. The molecule has 0 atom stereocenters. The number of aromatic nitrogens is 4. The number of nitrogens with one attached hydrogen (secondary N) is 2. The number of H-pyrrole nitrogens is 1. The van der Waals surface area contributed by atoms with Crippen LogP contribution < -0.4 is 10.1 Å². The van der Waals surface area contributed by atoms with Gasteiger partial charge in [-0.2, -0.15) is 5.10 Å². The predicted octanol–water partition coefficient (Wildman–Crippen LogP) is 4.79. The Balaban J connectivity index is 1.41. The minimum atomic E-state index is -0.181. The maximum atomic E-state index is 12.6. The highest BCUT2D eigenvalue weighted by Gasteiger charge is 2.13. The first-order chi connectivity index (χ1) is 14.6. The molecule has 0 radical (unpaired) electrons. The number of hydrogen-bond acceptors (Lipinski definition) is 7. The number of aryl methyl sites for hydroxylation is 1. The summed E-state index contributed by atoms with van der Waals surface area (Å²) in [6.07, 6.45) is 1.48. The Hall–Kier alpha value is -3.17. The molecule has 2 heterocycles. The number of rotatable bonds is 7. The summed E-state index contributed by atoms with van der Waals surface area (Å²) < 4.78 is 5.20. The molecule has 0 spiro atoms. The Morgan fingerprint density at radius 1 is 1.17 bits per heavy atom. The zero-order valence-electron chi connectivity index (χ0n) is 16.4. The van der Waals surface area contributed by atoms with Crippen LogP contribution >= 0.6 is 23.1 Å². The van der Waals surface area contributed by atoms with Gasteiger partial charge in [-0.3, -0.25) is 15.2 Å². The van der Waals surface area contributed by atoms with Crippen molar-refractivity contribution in [1.29, 1.82) is 0 Å².